The Hall–Kier alpha value is -4.89. The molecule has 0 saturated heterocycles. The molecule has 6 heteroatoms. The SMILES string of the molecule is CC(C)(C)NC(=O)C(C#Cc1ccccc1)(n1nnc2ccccc21)n1c2ccccc2c2ccccc21. The summed E-state index contributed by atoms with van der Waals surface area (Å²) >= 11 is 0. The molecule has 1 N–H and O–H groups in total. The van der Waals surface area contributed by atoms with E-state index in [1.807, 2.05) is 116 Å². The fourth-order valence-corrected chi connectivity index (χ4v) is 4.95. The number of carbonyl (C=O) groups is 1. The maximum absolute atomic E-state index is 14.7. The van der Waals surface area contributed by atoms with Crippen LogP contribution >= 0.6 is 0 Å². The third-order valence-electron chi connectivity index (χ3n) is 6.52. The van der Waals surface area contributed by atoms with E-state index in [0.29, 0.717) is 11.0 Å². The van der Waals surface area contributed by atoms with Crippen molar-refractivity contribution >= 4 is 38.7 Å². The van der Waals surface area contributed by atoms with Crippen LogP contribution in [0.3, 0.4) is 0 Å². The number of hydrogen-bond acceptors (Lipinski definition) is 3. The van der Waals surface area contributed by atoms with E-state index in [0.717, 1.165) is 27.4 Å². The lowest BCUT2D eigenvalue weighted by Gasteiger charge is -2.34. The molecule has 6 rings (SSSR count). The van der Waals surface area contributed by atoms with Gasteiger partial charge in [-0.3, -0.25) is 9.36 Å². The third-order valence-corrected chi connectivity index (χ3v) is 6.52. The summed E-state index contributed by atoms with van der Waals surface area (Å²) in [7, 11) is 0. The van der Waals surface area contributed by atoms with Gasteiger partial charge in [0, 0.05) is 21.9 Å². The van der Waals surface area contributed by atoms with Gasteiger partial charge in [-0.05, 0) is 63.1 Å². The van der Waals surface area contributed by atoms with Crippen LogP contribution in [0.25, 0.3) is 32.8 Å². The molecule has 38 heavy (non-hydrogen) atoms. The predicted molar refractivity (Wildman–Crippen MR) is 152 cm³/mol. The summed E-state index contributed by atoms with van der Waals surface area (Å²) in [6.07, 6.45) is 0. The summed E-state index contributed by atoms with van der Waals surface area (Å²) in [4.78, 5) is 14.7. The molecular formula is C32H27N5O. The van der Waals surface area contributed by atoms with E-state index in [1.54, 1.807) is 4.68 Å². The van der Waals surface area contributed by atoms with Crippen LogP contribution < -0.4 is 5.32 Å². The molecule has 1 unspecified atom stereocenters. The van der Waals surface area contributed by atoms with Crippen LogP contribution in [0.2, 0.25) is 0 Å². The van der Waals surface area contributed by atoms with Crippen LogP contribution in [0.15, 0.2) is 103 Å². The van der Waals surface area contributed by atoms with Gasteiger partial charge in [0.2, 0.25) is 0 Å². The van der Waals surface area contributed by atoms with E-state index in [-0.39, 0.29) is 5.91 Å². The molecule has 0 saturated carbocycles. The van der Waals surface area contributed by atoms with Crippen LogP contribution in [-0.2, 0) is 10.5 Å². The zero-order chi connectivity index (χ0) is 26.3. The van der Waals surface area contributed by atoms with Gasteiger partial charge >= 0.3 is 0 Å². The Labute approximate surface area is 220 Å². The van der Waals surface area contributed by atoms with Crippen molar-refractivity contribution in [3.05, 3.63) is 109 Å². The van der Waals surface area contributed by atoms with E-state index in [1.165, 1.54) is 0 Å². The van der Waals surface area contributed by atoms with Crippen LogP contribution in [-0.4, -0.2) is 31.0 Å². The van der Waals surface area contributed by atoms with Crippen molar-refractivity contribution in [3.63, 3.8) is 0 Å². The lowest BCUT2D eigenvalue weighted by atomic mass is 10.0. The zero-order valence-electron chi connectivity index (χ0n) is 21.5. The maximum Gasteiger partial charge on any atom is 0.283 e. The van der Waals surface area contributed by atoms with Gasteiger partial charge in [-0.1, -0.05) is 77.9 Å². The first-order valence-corrected chi connectivity index (χ1v) is 12.6. The number of nitrogens with zero attached hydrogens (tertiary/aromatic N) is 4. The van der Waals surface area contributed by atoms with Crippen LogP contribution in [0.1, 0.15) is 26.3 Å². The van der Waals surface area contributed by atoms with Gasteiger partial charge in [0.05, 0.1) is 16.6 Å². The van der Waals surface area contributed by atoms with Gasteiger partial charge in [-0.2, -0.15) is 4.68 Å². The van der Waals surface area contributed by atoms with Crippen molar-refractivity contribution in [1.29, 1.82) is 0 Å². The summed E-state index contributed by atoms with van der Waals surface area (Å²) in [5, 5.41) is 14.3. The largest absolute Gasteiger partial charge is 0.347 e. The number of carbonyl (C=O) groups excluding carboxylic acids is 1. The van der Waals surface area contributed by atoms with Crippen molar-refractivity contribution in [2.24, 2.45) is 0 Å². The third kappa shape index (κ3) is 3.80. The predicted octanol–water partition coefficient (Wildman–Crippen LogP) is 5.71. The lowest BCUT2D eigenvalue weighted by molar-refractivity contribution is -0.130. The number of aromatic nitrogens is 4. The molecule has 2 heterocycles. The van der Waals surface area contributed by atoms with Gasteiger partial charge in [0.15, 0.2) is 0 Å². The number of fused-ring (bicyclic) bond motifs is 4. The molecule has 6 aromatic rings. The van der Waals surface area contributed by atoms with Crippen molar-refractivity contribution in [1.82, 2.24) is 24.9 Å². The zero-order valence-corrected chi connectivity index (χ0v) is 21.5. The number of nitrogens with one attached hydrogen (secondary N) is 1. The highest BCUT2D eigenvalue weighted by molar-refractivity contribution is 6.10. The second-order valence-corrected chi connectivity index (χ2v) is 10.4. The van der Waals surface area contributed by atoms with Gasteiger partial charge in [0.25, 0.3) is 11.6 Å². The Bertz CT molecular complexity index is 1810. The second-order valence-electron chi connectivity index (χ2n) is 10.4. The first-order chi connectivity index (χ1) is 18.4. The van der Waals surface area contributed by atoms with E-state index in [9.17, 15) is 4.79 Å². The summed E-state index contributed by atoms with van der Waals surface area (Å²) in [5.74, 6) is 6.42. The van der Waals surface area contributed by atoms with Crippen LogP contribution in [0.5, 0.6) is 0 Å². The average Bonchev–Trinajstić information content (AvgIpc) is 3.50. The fraction of sp³-hybridized carbons (Fsp3) is 0.156. The molecule has 0 aliphatic rings. The van der Waals surface area contributed by atoms with Crippen LogP contribution in [0.4, 0.5) is 0 Å². The van der Waals surface area contributed by atoms with Gasteiger partial charge in [-0.25, -0.2) is 0 Å². The molecular weight excluding hydrogens is 470 g/mol. The normalized spacial score (nSPS) is 13.2. The molecule has 0 spiro atoms. The Morgan fingerprint density at radius 3 is 1.92 bits per heavy atom. The van der Waals surface area contributed by atoms with E-state index in [4.69, 9.17) is 0 Å². The van der Waals surface area contributed by atoms with Crippen molar-refractivity contribution < 1.29 is 4.79 Å². The first-order valence-electron chi connectivity index (χ1n) is 12.6. The minimum atomic E-state index is -1.60. The summed E-state index contributed by atoms with van der Waals surface area (Å²) in [6, 6.07) is 33.5. The minimum absolute atomic E-state index is 0.296. The van der Waals surface area contributed by atoms with E-state index < -0.39 is 11.2 Å². The van der Waals surface area contributed by atoms with E-state index in [2.05, 4.69) is 39.6 Å². The van der Waals surface area contributed by atoms with Gasteiger partial charge in [0.1, 0.15) is 5.52 Å². The first kappa shape index (κ1) is 23.5. The van der Waals surface area contributed by atoms with Crippen molar-refractivity contribution in [2.45, 2.75) is 32.0 Å². The topological polar surface area (TPSA) is 64.7 Å². The molecule has 2 aromatic heterocycles. The minimum Gasteiger partial charge on any atom is -0.347 e. The Kier molecular flexibility index (Phi) is 5.50. The molecule has 0 bridgehead atoms. The standard InChI is InChI=1S/C32H27N5O/c1-31(2,3)33-30(38)32(22-21-23-13-5-4-6-14-23,37-29-20-12-9-17-26(29)34-35-37)36-27-18-10-7-15-24(27)25-16-8-11-19-28(25)36/h4-20H,1-3H3,(H,33,38). The summed E-state index contributed by atoms with van der Waals surface area (Å²) in [6.45, 7) is 5.89. The highest BCUT2D eigenvalue weighted by Crippen LogP contribution is 2.36. The lowest BCUT2D eigenvalue weighted by Crippen LogP contribution is -2.57. The number of amides is 1. The van der Waals surface area contributed by atoms with Crippen LogP contribution in [0, 0.1) is 11.8 Å². The molecule has 1 atom stereocenters. The molecule has 186 valence electrons. The van der Waals surface area contributed by atoms with Crippen molar-refractivity contribution in [2.75, 3.05) is 0 Å². The quantitative estimate of drug-likeness (QED) is 0.319. The fourth-order valence-electron chi connectivity index (χ4n) is 4.95. The Morgan fingerprint density at radius 2 is 1.29 bits per heavy atom. The molecule has 1 amide bonds. The molecule has 0 aliphatic carbocycles. The highest BCUT2D eigenvalue weighted by Gasteiger charge is 2.46. The molecule has 6 nitrogen and oxygen atoms in total. The Balaban J connectivity index is 1.81. The monoisotopic (exact) mass is 497 g/mol. The summed E-state index contributed by atoms with van der Waals surface area (Å²) < 4.78 is 3.67. The van der Waals surface area contributed by atoms with Crippen molar-refractivity contribution in [3.8, 4) is 11.8 Å². The molecule has 0 radical (unpaired) electrons. The molecule has 0 aliphatic heterocycles. The number of para-hydroxylation sites is 3. The maximum atomic E-state index is 14.7. The van der Waals surface area contributed by atoms with E-state index >= 15 is 0 Å². The number of hydrogen-bond donors (Lipinski definition) is 1. The second kappa shape index (κ2) is 8.89. The Morgan fingerprint density at radius 1 is 0.737 bits per heavy atom. The summed E-state index contributed by atoms with van der Waals surface area (Å²) in [5.41, 5.74) is 1.82. The number of rotatable bonds is 3. The van der Waals surface area contributed by atoms with Gasteiger partial charge < -0.3 is 5.32 Å². The van der Waals surface area contributed by atoms with Gasteiger partial charge in [-0.15, -0.1) is 5.10 Å². The number of benzene rings is 4. The highest BCUT2D eigenvalue weighted by atomic mass is 16.2. The smallest absolute Gasteiger partial charge is 0.283 e. The molecule has 4 aromatic carbocycles. The average molecular weight is 498 g/mol. The molecule has 0 fully saturated rings.